The Labute approximate surface area is 71.1 Å². The van der Waals surface area contributed by atoms with E-state index in [-0.39, 0.29) is 31.0 Å². The van der Waals surface area contributed by atoms with E-state index in [4.69, 9.17) is 24.4 Å². The van der Waals surface area contributed by atoms with E-state index >= 15 is 0 Å². The topological polar surface area (TPSA) is 105 Å². The van der Waals surface area contributed by atoms with Gasteiger partial charge in [-0.2, -0.15) is 0 Å². The van der Waals surface area contributed by atoms with Crippen molar-refractivity contribution in [2.45, 2.75) is 0 Å². The molecular weight excluding hydrogens is 141 g/mol. The Morgan fingerprint density at radius 1 is 1.12 bits per heavy atom. The first-order chi connectivity index (χ1) is 3.00. The van der Waals surface area contributed by atoms with E-state index in [1.54, 1.807) is 0 Å². The van der Waals surface area contributed by atoms with Crippen LogP contribution in [0.5, 0.6) is 0 Å². The third kappa shape index (κ3) is 674. The average molecular weight is 147 g/mol. The van der Waals surface area contributed by atoms with Crippen LogP contribution in [0.4, 0.5) is 0 Å². The van der Waals surface area contributed by atoms with Crippen molar-refractivity contribution in [3.05, 3.63) is 0 Å². The van der Waals surface area contributed by atoms with Crippen LogP contribution in [0.2, 0.25) is 0 Å². The number of hydrogen-bond acceptors (Lipinski definition) is 5. The summed E-state index contributed by atoms with van der Waals surface area (Å²) in [5.41, 5.74) is 0. The molecule has 0 heterocycles. The maximum Gasteiger partial charge on any atom is 1.00 e. The van der Waals surface area contributed by atoms with Gasteiger partial charge in [-0.3, -0.25) is 0 Å². The van der Waals surface area contributed by atoms with Crippen LogP contribution in [-0.2, 0) is 0 Å². The van der Waals surface area contributed by atoms with Crippen LogP contribution in [0.15, 0.2) is 0 Å². The molecule has 0 aliphatic carbocycles. The maximum absolute atomic E-state index is 7.33. The average Bonchev–Trinajstić information content (AvgIpc) is 1.36. The minimum absolute atomic E-state index is 0. The van der Waals surface area contributed by atoms with Gasteiger partial charge >= 0.3 is 38.6 Å². The Morgan fingerprint density at radius 3 is 1.12 bits per heavy atom. The summed E-state index contributed by atoms with van der Waals surface area (Å²) in [4.78, 5) is 29.3. The molecule has 8 heavy (non-hydrogen) atoms. The van der Waals surface area contributed by atoms with Crippen molar-refractivity contribution in [2.75, 3.05) is 0 Å². The summed E-state index contributed by atoms with van der Waals surface area (Å²) in [6, 6.07) is 0. The van der Waals surface area contributed by atoms with Crippen molar-refractivity contribution >= 4 is 9.05 Å². The van der Waals surface area contributed by atoms with E-state index in [0.717, 1.165) is 0 Å². The minimum atomic E-state index is -4.61. The van der Waals surface area contributed by atoms with Gasteiger partial charge in [0, 0.05) is 6.57 Å². The van der Waals surface area contributed by atoms with Crippen LogP contribution < -0.4 is 29.6 Å². The Balaban J connectivity index is -0.0000000286. The molecule has 44 valence electrons. The summed E-state index contributed by atoms with van der Waals surface area (Å²) in [7, 11) is -4.61. The van der Waals surface area contributed by atoms with Gasteiger partial charge < -0.3 is 20.6 Å². The molecule has 0 aromatic carbocycles. The van der Waals surface area contributed by atoms with Crippen molar-refractivity contribution in [1.29, 1.82) is 5.26 Å². The molecule has 0 atom stereocenters. The monoisotopic (exact) mass is 147 g/mol. The predicted molar refractivity (Wildman–Crippen MR) is 22.4 cm³/mol. The maximum atomic E-state index is 7.33. The number of rotatable bonds is 0. The molecule has 4 N–H and O–H groups in total. The van der Waals surface area contributed by atoms with E-state index in [2.05, 4.69) is 6.57 Å². The zero-order valence-electron chi connectivity index (χ0n) is 5.31. The van der Waals surface area contributed by atoms with Crippen LogP contribution in [0.3, 0.4) is 0 Å². The number of nitrogens with zero attached hydrogens (tertiary/aromatic N) is 1. The van der Waals surface area contributed by atoms with E-state index in [0.29, 0.717) is 0 Å². The van der Waals surface area contributed by atoms with Crippen LogP contribution >= 0.6 is 0 Å². The molecule has 0 aliphatic heterocycles. The van der Waals surface area contributed by atoms with E-state index in [1.165, 1.54) is 0 Å². The molecule has 0 rings (SSSR count). The molecule has 0 spiro atoms. The smallest absolute Gasteiger partial charge is 1.00 e. The third-order valence-electron chi connectivity index (χ3n) is 0. The molecule has 0 aromatic heterocycles. The Morgan fingerprint density at radius 2 is 1.12 bits per heavy atom. The van der Waals surface area contributed by atoms with Gasteiger partial charge in [0.15, 0.2) is 0 Å². The molecule has 0 saturated carbocycles. The fourth-order valence-corrected chi connectivity index (χ4v) is 0. The standard InChI is InChI=1S/CHN.Na.H4O4Si.H/c1-2;;1-5(2,3)4;/h1H;;1-4H;/q;+1;;-1. The zero-order chi connectivity index (χ0) is 6.50. The summed E-state index contributed by atoms with van der Waals surface area (Å²) < 4.78 is 0. The molecule has 0 fully saturated rings. The van der Waals surface area contributed by atoms with Crippen LogP contribution in [0, 0.1) is 11.8 Å². The Kier molecular flexibility index (Phi) is 14.9. The molecule has 0 aliphatic rings. The Bertz CT molecular complexity index is 57.3. The van der Waals surface area contributed by atoms with E-state index < -0.39 is 9.05 Å². The minimum Gasteiger partial charge on any atom is -1.00 e. The van der Waals surface area contributed by atoms with Crippen LogP contribution in [0.1, 0.15) is 1.43 Å². The fourth-order valence-electron chi connectivity index (χ4n) is 0. The van der Waals surface area contributed by atoms with Gasteiger partial charge in [0.05, 0.1) is 0 Å². The van der Waals surface area contributed by atoms with Crippen LogP contribution in [0.25, 0.3) is 0 Å². The van der Waals surface area contributed by atoms with Gasteiger partial charge in [-0.25, -0.2) is 5.26 Å². The first-order valence-corrected chi connectivity index (χ1v) is 2.94. The Hall–Kier alpha value is 0.547. The van der Waals surface area contributed by atoms with Crippen molar-refractivity contribution in [2.24, 2.45) is 0 Å². The summed E-state index contributed by atoms with van der Waals surface area (Å²) in [6.45, 7) is 3.50. The molecule has 0 amide bonds. The largest absolute Gasteiger partial charge is 1.00 e. The molecule has 0 unspecified atom stereocenters. The van der Waals surface area contributed by atoms with Gasteiger partial charge in [0.1, 0.15) is 0 Å². The number of hydrogen-bond donors (Lipinski definition) is 4. The number of nitriles is 1. The second-order valence-electron chi connectivity index (χ2n) is 0.600. The second kappa shape index (κ2) is 7.55. The SMILES string of the molecule is C#N.O[Si](O)(O)O.[H-].[Na+]. The van der Waals surface area contributed by atoms with Gasteiger partial charge in [0.2, 0.25) is 0 Å². The van der Waals surface area contributed by atoms with Gasteiger partial charge in [-0.15, -0.1) is 0 Å². The summed E-state index contributed by atoms with van der Waals surface area (Å²) in [5.74, 6) is 0. The van der Waals surface area contributed by atoms with Gasteiger partial charge in [0.25, 0.3) is 0 Å². The quantitative estimate of drug-likeness (QED) is 0.256. The molecule has 0 bridgehead atoms. The normalized spacial score (nSPS) is 7.75. The molecule has 7 heteroatoms. The van der Waals surface area contributed by atoms with Crippen molar-refractivity contribution in [3.8, 4) is 6.57 Å². The van der Waals surface area contributed by atoms with E-state index in [1.807, 2.05) is 0 Å². The fraction of sp³-hybridized carbons (Fsp3) is 0. The van der Waals surface area contributed by atoms with Gasteiger partial charge in [-0.1, -0.05) is 0 Å². The van der Waals surface area contributed by atoms with E-state index in [9.17, 15) is 0 Å². The summed E-state index contributed by atoms with van der Waals surface area (Å²) >= 11 is 0. The van der Waals surface area contributed by atoms with Crippen molar-refractivity contribution in [1.82, 2.24) is 0 Å². The second-order valence-corrected chi connectivity index (χ2v) is 1.80. The third-order valence-corrected chi connectivity index (χ3v) is 0. The molecular formula is CH6NNaO4Si. The molecule has 0 saturated heterocycles. The van der Waals surface area contributed by atoms with Crippen molar-refractivity contribution in [3.63, 3.8) is 0 Å². The van der Waals surface area contributed by atoms with Crippen LogP contribution in [-0.4, -0.2) is 28.2 Å². The summed E-state index contributed by atoms with van der Waals surface area (Å²) in [6.07, 6.45) is 0. The first-order valence-electron chi connectivity index (χ1n) is 1.15. The molecule has 0 aromatic rings. The summed E-state index contributed by atoms with van der Waals surface area (Å²) in [5, 5.41) is 6.50. The first kappa shape index (κ1) is 15.8. The zero-order valence-corrected chi connectivity index (χ0v) is 7.31. The predicted octanol–water partition coefficient (Wildman–Crippen LogP) is -5.35. The molecule has 5 nitrogen and oxygen atoms in total. The molecule has 0 radical (unpaired) electrons. The van der Waals surface area contributed by atoms with Crippen molar-refractivity contribution < 1.29 is 50.2 Å². The van der Waals surface area contributed by atoms with Gasteiger partial charge in [-0.05, 0) is 0 Å².